The molecule has 260 valence electrons. The monoisotopic (exact) mass is 723 g/mol. The maximum Gasteiger partial charge on any atom is 0.123 e. The number of hydrogen-bond acceptors (Lipinski definition) is 2. The highest BCUT2D eigenvalue weighted by molar-refractivity contribution is 7.25. The third kappa shape index (κ3) is 6.05. The Hall–Kier alpha value is -6.81. The molecule has 1 aromatic heterocycles. The van der Waals surface area contributed by atoms with E-state index in [1.165, 1.54) is 49.0 Å². The predicted octanol–water partition coefficient (Wildman–Crippen LogP) is 15.5. The molecule has 0 aliphatic heterocycles. The summed E-state index contributed by atoms with van der Waals surface area (Å²) in [5.41, 5.74) is 12.1. The Labute approximate surface area is 323 Å². The van der Waals surface area contributed by atoms with E-state index in [0.717, 1.165) is 55.7 Å². The highest BCUT2D eigenvalue weighted by Crippen LogP contribution is 2.46. The minimum Gasteiger partial charge on any atom is -0.310 e. The van der Waals surface area contributed by atoms with Gasteiger partial charge in [0.25, 0.3) is 0 Å². The molecule has 9 aromatic carbocycles. The van der Waals surface area contributed by atoms with Crippen LogP contribution in [-0.4, -0.2) is 0 Å². The minimum atomic E-state index is -0.241. The molecule has 0 aliphatic carbocycles. The van der Waals surface area contributed by atoms with Crippen LogP contribution in [0.5, 0.6) is 0 Å². The molecule has 10 aromatic rings. The molecule has 3 heteroatoms. The quantitative estimate of drug-likeness (QED) is 0.158. The van der Waals surface area contributed by atoms with E-state index < -0.39 is 0 Å². The van der Waals surface area contributed by atoms with Gasteiger partial charge in [-0.15, -0.1) is 11.3 Å². The van der Waals surface area contributed by atoms with Gasteiger partial charge < -0.3 is 4.90 Å². The number of thiophene rings is 1. The van der Waals surface area contributed by atoms with E-state index in [0.29, 0.717) is 0 Å². The summed E-state index contributed by atoms with van der Waals surface area (Å²) in [5.74, 6) is -0.241. The molecule has 1 heterocycles. The molecule has 0 bridgehead atoms. The van der Waals surface area contributed by atoms with Crippen molar-refractivity contribution in [3.05, 3.63) is 212 Å². The maximum atomic E-state index is 14.1. The minimum absolute atomic E-state index is 0.241. The van der Waals surface area contributed by atoms with Crippen molar-refractivity contribution in [2.75, 3.05) is 4.90 Å². The molecule has 0 unspecified atom stereocenters. The van der Waals surface area contributed by atoms with E-state index in [-0.39, 0.29) is 5.82 Å². The summed E-state index contributed by atoms with van der Waals surface area (Å²) in [6, 6.07) is 72.2. The lowest BCUT2D eigenvalue weighted by molar-refractivity contribution is 0.628. The van der Waals surface area contributed by atoms with Gasteiger partial charge in [-0.25, -0.2) is 4.39 Å². The summed E-state index contributed by atoms with van der Waals surface area (Å²) < 4.78 is 16.7. The fourth-order valence-electron chi connectivity index (χ4n) is 7.92. The Morgan fingerprint density at radius 3 is 1.80 bits per heavy atom. The molecule has 55 heavy (non-hydrogen) atoms. The fraction of sp³-hybridized carbons (Fsp3) is 0. The molecule has 0 aliphatic rings. The van der Waals surface area contributed by atoms with Crippen LogP contribution in [0.2, 0.25) is 0 Å². The third-order valence-electron chi connectivity index (χ3n) is 10.5. The summed E-state index contributed by atoms with van der Waals surface area (Å²) in [5, 5.41) is 4.85. The van der Waals surface area contributed by atoms with Gasteiger partial charge in [0.1, 0.15) is 5.82 Å². The fourth-order valence-corrected chi connectivity index (χ4v) is 9.01. The molecule has 0 fully saturated rings. The maximum absolute atomic E-state index is 14.1. The molecule has 0 amide bonds. The van der Waals surface area contributed by atoms with Gasteiger partial charge in [0.05, 0.1) is 5.69 Å². The van der Waals surface area contributed by atoms with Crippen LogP contribution in [0.4, 0.5) is 21.5 Å². The Bertz CT molecular complexity index is 2980. The largest absolute Gasteiger partial charge is 0.310 e. The molecule has 0 saturated heterocycles. The molecule has 0 saturated carbocycles. The van der Waals surface area contributed by atoms with Crippen molar-refractivity contribution >= 4 is 59.3 Å². The second kappa shape index (κ2) is 13.9. The Kier molecular flexibility index (Phi) is 8.28. The van der Waals surface area contributed by atoms with Crippen molar-refractivity contribution in [1.82, 2.24) is 0 Å². The second-order valence-corrected chi connectivity index (χ2v) is 14.9. The van der Waals surface area contributed by atoms with Crippen molar-refractivity contribution in [3.8, 4) is 44.5 Å². The Balaban J connectivity index is 1.17. The molecular weight excluding hydrogens is 690 g/mol. The van der Waals surface area contributed by atoms with Crippen molar-refractivity contribution in [3.63, 3.8) is 0 Å². The summed E-state index contributed by atoms with van der Waals surface area (Å²) in [4.78, 5) is 2.38. The Morgan fingerprint density at radius 1 is 0.364 bits per heavy atom. The van der Waals surface area contributed by atoms with Crippen LogP contribution in [0.1, 0.15) is 0 Å². The normalized spacial score (nSPS) is 11.4. The number of benzene rings is 9. The molecule has 0 spiro atoms. The van der Waals surface area contributed by atoms with Crippen molar-refractivity contribution < 1.29 is 4.39 Å². The van der Waals surface area contributed by atoms with Gasteiger partial charge in [-0.2, -0.15) is 0 Å². The zero-order valence-corrected chi connectivity index (χ0v) is 30.7. The van der Waals surface area contributed by atoms with Crippen LogP contribution in [0.3, 0.4) is 0 Å². The van der Waals surface area contributed by atoms with Gasteiger partial charge in [0.2, 0.25) is 0 Å². The average Bonchev–Trinajstić information content (AvgIpc) is 3.63. The van der Waals surface area contributed by atoms with Crippen LogP contribution >= 0.6 is 11.3 Å². The topological polar surface area (TPSA) is 3.24 Å². The van der Waals surface area contributed by atoms with E-state index >= 15 is 0 Å². The number of para-hydroxylation sites is 1. The molecular formula is C52H34FNS. The number of hydrogen-bond donors (Lipinski definition) is 0. The van der Waals surface area contributed by atoms with Crippen LogP contribution < -0.4 is 4.90 Å². The molecule has 1 nitrogen and oxygen atoms in total. The van der Waals surface area contributed by atoms with Crippen molar-refractivity contribution in [2.24, 2.45) is 0 Å². The van der Waals surface area contributed by atoms with Gasteiger partial charge in [0.15, 0.2) is 0 Å². The predicted molar refractivity (Wildman–Crippen MR) is 233 cm³/mol. The lowest BCUT2D eigenvalue weighted by Crippen LogP contribution is -2.11. The highest BCUT2D eigenvalue weighted by Gasteiger charge is 2.20. The van der Waals surface area contributed by atoms with Gasteiger partial charge in [0, 0.05) is 37.1 Å². The van der Waals surface area contributed by atoms with Crippen LogP contribution in [0, 0.1) is 5.82 Å². The lowest BCUT2D eigenvalue weighted by Gasteiger charge is -2.29. The van der Waals surface area contributed by atoms with E-state index in [4.69, 9.17) is 0 Å². The van der Waals surface area contributed by atoms with Crippen LogP contribution in [0.15, 0.2) is 206 Å². The number of anilines is 3. The van der Waals surface area contributed by atoms with Gasteiger partial charge in [-0.3, -0.25) is 0 Å². The van der Waals surface area contributed by atoms with Crippen LogP contribution in [0.25, 0.3) is 75.5 Å². The summed E-state index contributed by atoms with van der Waals surface area (Å²) >= 11 is 1.84. The zero-order valence-electron chi connectivity index (χ0n) is 29.9. The smallest absolute Gasteiger partial charge is 0.123 e. The van der Waals surface area contributed by atoms with E-state index in [9.17, 15) is 4.39 Å². The van der Waals surface area contributed by atoms with Gasteiger partial charge in [-0.1, -0.05) is 146 Å². The van der Waals surface area contributed by atoms with E-state index in [2.05, 4.69) is 187 Å². The molecule has 0 radical (unpaired) electrons. The third-order valence-corrected chi connectivity index (χ3v) is 11.7. The van der Waals surface area contributed by atoms with Crippen LogP contribution in [-0.2, 0) is 0 Å². The molecule has 0 atom stereocenters. The van der Waals surface area contributed by atoms with E-state index in [1.54, 1.807) is 0 Å². The first-order chi connectivity index (χ1) is 27.2. The first-order valence-electron chi connectivity index (χ1n) is 18.5. The van der Waals surface area contributed by atoms with Gasteiger partial charge >= 0.3 is 0 Å². The first-order valence-corrected chi connectivity index (χ1v) is 19.3. The SMILES string of the molecule is Fc1ccc(-c2cccc3cccc(-c4ccccc4N(c4ccc(-c5ccccc5)cc4)c4cccc(-c5ccc6sc7ccccc7c6c5)c4)c23)cc1. The zero-order chi connectivity index (χ0) is 36.7. The highest BCUT2D eigenvalue weighted by atomic mass is 32.1. The number of fused-ring (bicyclic) bond motifs is 4. The van der Waals surface area contributed by atoms with Crippen molar-refractivity contribution in [2.45, 2.75) is 0 Å². The number of nitrogens with zero attached hydrogens (tertiary/aromatic N) is 1. The second-order valence-electron chi connectivity index (χ2n) is 13.8. The van der Waals surface area contributed by atoms with Gasteiger partial charge in [-0.05, 0) is 110 Å². The average molecular weight is 724 g/mol. The van der Waals surface area contributed by atoms with E-state index in [1.807, 2.05) is 23.5 Å². The summed E-state index contributed by atoms with van der Waals surface area (Å²) in [7, 11) is 0. The molecule has 0 N–H and O–H groups in total. The number of halogens is 1. The summed E-state index contributed by atoms with van der Waals surface area (Å²) in [6.07, 6.45) is 0. The first kappa shape index (κ1) is 32.8. The standard InChI is InChI=1S/C52H34FNS/c53-41-28-23-37(24-29-41)44-19-9-13-38-14-10-20-47(52(38)44)45-17-4-6-21-49(45)54(42-30-25-36(26-31-42)35-11-2-1-3-12-35)43-16-8-15-39(33-43)40-27-32-51-48(34-40)46-18-5-7-22-50(46)55-51/h1-34H. The molecule has 10 rings (SSSR count). The van der Waals surface area contributed by atoms with Crippen molar-refractivity contribution in [1.29, 1.82) is 0 Å². The number of rotatable bonds is 7. The lowest BCUT2D eigenvalue weighted by atomic mass is 9.90. The Morgan fingerprint density at radius 2 is 0.964 bits per heavy atom. The summed E-state index contributed by atoms with van der Waals surface area (Å²) in [6.45, 7) is 0.